The Labute approximate surface area is 87.4 Å². The van der Waals surface area contributed by atoms with Crippen LogP contribution in [0.2, 0.25) is 0 Å². The fraction of sp³-hybridized carbons (Fsp3) is 0.625. The van der Waals surface area contributed by atoms with Crippen molar-refractivity contribution in [3.05, 3.63) is 11.4 Å². The molecule has 0 unspecified atom stereocenters. The van der Waals surface area contributed by atoms with Crippen LogP contribution >= 0.6 is 11.6 Å². The third-order valence-corrected chi connectivity index (χ3v) is 2.02. The van der Waals surface area contributed by atoms with E-state index < -0.39 is 0 Å². The third-order valence-electron chi connectivity index (χ3n) is 1.78. The fourth-order valence-electron chi connectivity index (χ4n) is 0.999. The van der Waals surface area contributed by atoms with Gasteiger partial charge in [0.25, 0.3) is 0 Å². The number of hydrogen-bond acceptors (Lipinski definition) is 3. The minimum atomic E-state index is -0.197. The van der Waals surface area contributed by atoms with Gasteiger partial charge < -0.3 is 5.32 Å². The van der Waals surface area contributed by atoms with Gasteiger partial charge in [0.15, 0.2) is 0 Å². The summed E-state index contributed by atoms with van der Waals surface area (Å²) in [7, 11) is 0. The summed E-state index contributed by atoms with van der Waals surface area (Å²) in [5, 5.41) is 11.0. The highest BCUT2D eigenvalue weighted by atomic mass is 35.5. The van der Waals surface area contributed by atoms with Gasteiger partial charge in [-0.2, -0.15) is 15.0 Å². The van der Waals surface area contributed by atoms with E-state index in [9.17, 15) is 4.79 Å². The number of carbonyl (C=O) groups excluding carboxylic acids is 1. The summed E-state index contributed by atoms with van der Waals surface area (Å²) in [5.41, 5.74) is 1.62. The predicted molar refractivity (Wildman–Crippen MR) is 53.0 cm³/mol. The first kappa shape index (κ1) is 11.0. The van der Waals surface area contributed by atoms with E-state index in [1.807, 2.05) is 13.8 Å². The van der Waals surface area contributed by atoms with Crippen LogP contribution in [0.3, 0.4) is 0 Å². The van der Waals surface area contributed by atoms with E-state index in [1.54, 1.807) is 4.80 Å². The second-order valence-corrected chi connectivity index (χ2v) is 3.10. The second-order valence-electron chi connectivity index (χ2n) is 2.83. The van der Waals surface area contributed by atoms with Crippen molar-refractivity contribution in [1.29, 1.82) is 0 Å². The Morgan fingerprint density at radius 3 is 2.79 bits per heavy atom. The average molecular weight is 217 g/mol. The number of carbonyl (C=O) groups is 1. The van der Waals surface area contributed by atoms with E-state index in [2.05, 4.69) is 15.5 Å². The van der Waals surface area contributed by atoms with Gasteiger partial charge in [0.05, 0.1) is 18.8 Å². The number of alkyl halides is 1. The average Bonchev–Trinajstić information content (AvgIpc) is 2.55. The first-order valence-electron chi connectivity index (χ1n) is 4.40. The molecule has 0 aliphatic carbocycles. The van der Waals surface area contributed by atoms with Gasteiger partial charge in [-0.1, -0.05) is 0 Å². The third kappa shape index (κ3) is 2.70. The van der Waals surface area contributed by atoms with Crippen molar-refractivity contribution < 1.29 is 4.79 Å². The molecule has 1 rings (SSSR count). The molecule has 1 amide bonds. The number of aryl methyl sites for hydroxylation is 2. The fourth-order valence-corrected chi connectivity index (χ4v) is 1.09. The van der Waals surface area contributed by atoms with Crippen molar-refractivity contribution in [3.8, 4) is 0 Å². The van der Waals surface area contributed by atoms with Crippen molar-refractivity contribution in [2.75, 3.05) is 5.88 Å². The molecule has 0 saturated carbocycles. The molecule has 0 aliphatic rings. The highest BCUT2D eigenvalue weighted by Gasteiger charge is 2.06. The number of nitrogens with zero attached hydrogens (tertiary/aromatic N) is 3. The van der Waals surface area contributed by atoms with Gasteiger partial charge in [0.2, 0.25) is 5.91 Å². The van der Waals surface area contributed by atoms with E-state index in [0.29, 0.717) is 6.54 Å². The standard InChI is InChI=1S/C8H13ClN4O/c1-3-13-11-6(2)7(12-13)5-10-8(14)4-9/h3-5H2,1-2H3,(H,10,14). The second kappa shape index (κ2) is 4.95. The molecule has 0 bridgehead atoms. The molecule has 0 aliphatic heterocycles. The largest absolute Gasteiger partial charge is 0.349 e. The zero-order valence-corrected chi connectivity index (χ0v) is 9.01. The lowest BCUT2D eigenvalue weighted by Crippen LogP contribution is -2.24. The van der Waals surface area contributed by atoms with E-state index in [0.717, 1.165) is 17.9 Å². The van der Waals surface area contributed by atoms with Crippen LogP contribution in [0, 0.1) is 6.92 Å². The summed E-state index contributed by atoms with van der Waals surface area (Å²) in [6.07, 6.45) is 0. The van der Waals surface area contributed by atoms with Gasteiger partial charge in [-0.15, -0.1) is 11.6 Å². The Balaban J connectivity index is 2.58. The van der Waals surface area contributed by atoms with Gasteiger partial charge in [-0.3, -0.25) is 4.79 Å². The molecular weight excluding hydrogens is 204 g/mol. The number of amides is 1. The molecule has 0 saturated heterocycles. The summed E-state index contributed by atoms with van der Waals surface area (Å²) in [5.74, 6) is -0.224. The summed E-state index contributed by atoms with van der Waals surface area (Å²) in [4.78, 5) is 12.5. The summed E-state index contributed by atoms with van der Waals surface area (Å²) in [6.45, 7) is 4.93. The Bertz CT molecular complexity index is 323. The van der Waals surface area contributed by atoms with Gasteiger partial charge in [0.1, 0.15) is 11.6 Å². The lowest BCUT2D eigenvalue weighted by Gasteiger charge is -1.99. The first-order valence-corrected chi connectivity index (χ1v) is 4.94. The van der Waals surface area contributed by atoms with Crippen LogP contribution in [0.1, 0.15) is 18.3 Å². The maximum Gasteiger partial charge on any atom is 0.235 e. The normalized spacial score (nSPS) is 10.2. The van der Waals surface area contributed by atoms with E-state index in [4.69, 9.17) is 11.6 Å². The molecule has 0 radical (unpaired) electrons. The molecule has 6 heteroatoms. The summed E-state index contributed by atoms with van der Waals surface area (Å²) in [6, 6.07) is 0. The molecule has 1 N–H and O–H groups in total. The lowest BCUT2D eigenvalue weighted by molar-refractivity contribution is -0.118. The smallest absolute Gasteiger partial charge is 0.235 e. The quantitative estimate of drug-likeness (QED) is 0.744. The van der Waals surface area contributed by atoms with Crippen LogP contribution < -0.4 is 5.32 Å². The number of rotatable bonds is 4. The van der Waals surface area contributed by atoms with Gasteiger partial charge in [0, 0.05) is 0 Å². The van der Waals surface area contributed by atoms with Crippen LogP contribution in [0.5, 0.6) is 0 Å². The van der Waals surface area contributed by atoms with Crippen LogP contribution in [0.4, 0.5) is 0 Å². The molecule has 0 spiro atoms. The van der Waals surface area contributed by atoms with Crippen LogP contribution in [0.15, 0.2) is 0 Å². The van der Waals surface area contributed by atoms with E-state index in [-0.39, 0.29) is 11.8 Å². The molecular formula is C8H13ClN4O. The molecule has 1 heterocycles. The lowest BCUT2D eigenvalue weighted by atomic mass is 10.3. The van der Waals surface area contributed by atoms with E-state index in [1.165, 1.54) is 0 Å². The number of nitrogens with one attached hydrogen (secondary N) is 1. The summed E-state index contributed by atoms with van der Waals surface area (Å²) >= 11 is 5.34. The van der Waals surface area contributed by atoms with E-state index >= 15 is 0 Å². The van der Waals surface area contributed by atoms with Crippen molar-refractivity contribution >= 4 is 17.5 Å². The minimum absolute atomic E-state index is 0.0268. The topological polar surface area (TPSA) is 59.8 Å². The molecule has 0 fully saturated rings. The van der Waals surface area contributed by atoms with Crippen molar-refractivity contribution in [2.24, 2.45) is 0 Å². The highest BCUT2D eigenvalue weighted by Crippen LogP contribution is 2.00. The van der Waals surface area contributed by atoms with Gasteiger partial charge in [-0.25, -0.2) is 0 Å². The molecule has 1 aromatic heterocycles. The Morgan fingerprint density at radius 1 is 1.57 bits per heavy atom. The summed E-state index contributed by atoms with van der Waals surface area (Å²) < 4.78 is 0. The van der Waals surface area contributed by atoms with Crippen LogP contribution in [0.25, 0.3) is 0 Å². The molecule has 0 atom stereocenters. The molecule has 14 heavy (non-hydrogen) atoms. The predicted octanol–water partition coefficient (Wildman–Crippen LogP) is 0.461. The number of hydrogen-bond donors (Lipinski definition) is 1. The molecule has 1 aromatic rings. The SMILES string of the molecule is CCn1nc(C)c(CNC(=O)CCl)n1. The molecule has 5 nitrogen and oxygen atoms in total. The Hall–Kier alpha value is -1.10. The maximum absolute atomic E-state index is 10.9. The van der Waals surface area contributed by atoms with Crippen molar-refractivity contribution in [3.63, 3.8) is 0 Å². The number of aromatic nitrogens is 3. The monoisotopic (exact) mass is 216 g/mol. The van der Waals surface area contributed by atoms with Crippen LogP contribution in [-0.2, 0) is 17.9 Å². The highest BCUT2D eigenvalue weighted by molar-refractivity contribution is 6.27. The first-order chi connectivity index (χ1) is 6.67. The zero-order chi connectivity index (χ0) is 10.6. The molecule has 0 aromatic carbocycles. The zero-order valence-electron chi connectivity index (χ0n) is 8.25. The minimum Gasteiger partial charge on any atom is -0.349 e. The molecule has 78 valence electrons. The maximum atomic E-state index is 10.9. The number of halogens is 1. The van der Waals surface area contributed by atoms with Crippen LogP contribution in [-0.4, -0.2) is 26.8 Å². The van der Waals surface area contributed by atoms with Crippen molar-refractivity contribution in [1.82, 2.24) is 20.3 Å². The van der Waals surface area contributed by atoms with Gasteiger partial charge >= 0.3 is 0 Å². The van der Waals surface area contributed by atoms with Crippen molar-refractivity contribution in [2.45, 2.75) is 26.9 Å². The van der Waals surface area contributed by atoms with Gasteiger partial charge in [-0.05, 0) is 13.8 Å². The Morgan fingerprint density at radius 2 is 2.29 bits per heavy atom. The Kier molecular flexibility index (Phi) is 3.88.